The van der Waals surface area contributed by atoms with Gasteiger partial charge in [0.05, 0.1) is 6.61 Å². The summed E-state index contributed by atoms with van der Waals surface area (Å²) in [7, 11) is 2.23. The fourth-order valence-corrected chi connectivity index (χ4v) is 4.23. The lowest BCUT2D eigenvalue weighted by molar-refractivity contribution is -0.139. The van der Waals surface area contributed by atoms with Gasteiger partial charge in [-0.3, -0.25) is 20.1 Å². The van der Waals surface area contributed by atoms with E-state index in [2.05, 4.69) is 54.3 Å². The van der Waals surface area contributed by atoms with Crippen molar-refractivity contribution in [2.75, 3.05) is 13.2 Å². The van der Waals surface area contributed by atoms with Crippen LogP contribution in [-0.2, 0) is 9.59 Å². The van der Waals surface area contributed by atoms with Crippen LogP contribution in [0.5, 0.6) is 5.75 Å². The summed E-state index contributed by atoms with van der Waals surface area (Å²) in [6.45, 7) is 6.28. The second-order valence-electron chi connectivity index (χ2n) is 9.23. The Balaban J connectivity index is 1.76. The zero-order valence-corrected chi connectivity index (χ0v) is 25.1. The topological polar surface area (TPSA) is 150 Å². The summed E-state index contributed by atoms with van der Waals surface area (Å²) in [5.74, 6) is 5.70. The smallest absolute Gasteiger partial charge is 0.320 e. The van der Waals surface area contributed by atoms with Crippen molar-refractivity contribution in [2.24, 2.45) is 16.0 Å². The third-order valence-electron chi connectivity index (χ3n) is 6.15. The van der Waals surface area contributed by atoms with Gasteiger partial charge in [-0.05, 0) is 61.4 Å². The van der Waals surface area contributed by atoms with Gasteiger partial charge in [0.1, 0.15) is 11.8 Å². The summed E-state index contributed by atoms with van der Waals surface area (Å²) >= 11 is 0. The highest BCUT2D eigenvalue weighted by Crippen LogP contribution is 2.23. The average Bonchev–Trinajstić information content (AvgIpc) is 3.00. The molecule has 0 heterocycles. The van der Waals surface area contributed by atoms with Gasteiger partial charge in [0.2, 0.25) is 5.91 Å². The second kappa shape index (κ2) is 19.7. The van der Waals surface area contributed by atoms with Crippen molar-refractivity contribution < 1.29 is 19.4 Å². The molecular formula is C31H41N6O4P. The molecule has 0 aliphatic rings. The van der Waals surface area contributed by atoms with Crippen molar-refractivity contribution in [3.8, 4) is 16.9 Å². The Morgan fingerprint density at radius 1 is 1.10 bits per heavy atom. The largest absolute Gasteiger partial charge is 0.494 e. The van der Waals surface area contributed by atoms with E-state index in [1.807, 2.05) is 73.7 Å². The number of hydrogen-bond donors (Lipinski definition) is 5. The van der Waals surface area contributed by atoms with E-state index in [0.29, 0.717) is 44.7 Å². The average molecular weight is 593 g/mol. The summed E-state index contributed by atoms with van der Waals surface area (Å²) in [4.78, 5) is 23.0. The van der Waals surface area contributed by atoms with Gasteiger partial charge in [-0.15, -0.1) is 0 Å². The number of hydrogen-bond acceptors (Lipinski definition) is 7. The molecule has 1 amide bonds. The minimum absolute atomic E-state index is 0.0309. The van der Waals surface area contributed by atoms with Crippen LogP contribution in [0.2, 0.25) is 0 Å². The summed E-state index contributed by atoms with van der Waals surface area (Å²) < 4.78 is 5.80. The highest BCUT2D eigenvalue weighted by atomic mass is 31.0. The summed E-state index contributed by atoms with van der Waals surface area (Å²) in [5.41, 5.74) is 6.65. The third kappa shape index (κ3) is 12.5. The number of amidine groups is 1. The molecule has 0 saturated heterocycles. The maximum atomic E-state index is 12.0. The molecule has 0 fully saturated rings. The molecule has 2 aromatic rings. The van der Waals surface area contributed by atoms with Gasteiger partial charge < -0.3 is 21.0 Å². The molecule has 0 aliphatic carbocycles. The van der Waals surface area contributed by atoms with Crippen LogP contribution < -0.4 is 26.4 Å². The highest BCUT2D eigenvalue weighted by Gasteiger charge is 2.13. The van der Waals surface area contributed by atoms with Crippen LogP contribution in [0, 0.1) is 0 Å². The van der Waals surface area contributed by atoms with Gasteiger partial charge >= 0.3 is 5.97 Å². The number of nitrogens with two attached hydrogens (primary N) is 1. The van der Waals surface area contributed by atoms with Gasteiger partial charge in [0, 0.05) is 25.3 Å². The molecule has 0 saturated carbocycles. The molecule has 6 N–H and O–H groups in total. The summed E-state index contributed by atoms with van der Waals surface area (Å²) in [6, 6.07) is 15.5. The Labute approximate surface area is 250 Å². The molecule has 11 heteroatoms. The minimum Gasteiger partial charge on any atom is -0.494 e. The Morgan fingerprint density at radius 3 is 2.38 bits per heavy atom. The number of rotatable bonds is 18. The number of benzene rings is 2. The number of carboxylic acid groups (broad SMARTS) is 1. The summed E-state index contributed by atoms with van der Waals surface area (Å²) in [5, 5.41) is 21.9. The molecule has 2 atom stereocenters. The van der Waals surface area contributed by atoms with Gasteiger partial charge in [-0.1, -0.05) is 76.2 Å². The SMILES string of the molecule is C=NNC(=NN)C(/C=C\C)=C/C=C/c1ccc(-c2ccc(OCCCC(=O)NCCCC[C@H](NP)C(=O)O)cc2)cc1. The molecule has 0 aromatic heterocycles. The van der Waals surface area contributed by atoms with Crippen LogP contribution in [0.25, 0.3) is 17.2 Å². The molecule has 224 valence electrons. The predicted octanol–water partition coefficient (Wildman–Crippen LogP) is 4.63. The van der Waals surface area contributed by atoms with Crippen molar-refractivity contribution in [3.63, 3.8) is 0 Å². The van der Waals surface area contributed by atoms with E-state index < -0.39 is 12.0 Å². The number of carboxylic acids is 1. The molecule has 42 heavy (non-hydrogen) atoms. The first-order chi connectivity index (χ1) is 20.4. The lowest BCUT2D eigenvalue weighted by atomic mass is 10.0. The van der Waals surface area contributed by atoms with E-state index in [4.69, 9.17) is 15.7 Å². The van der Waals surface area contributed by atoms with Crippen molar-refractivity contribution in [2.45, 2.75) is 45.1 Å². The van der Waals surface area contributed by atoms with Gasteiger partial charge in [0.25, 0.3) is 0 Å². The number of allylic oxidation sites excluding steroid dienone is 3. The third-order valence-corrected chi connectivity index (χ3v) is 6.56. The highest BCUT2D eigenvalue weighted by molar-refractivity contribution is 7.13. The van der Waals surface area contributed by atoms with Crippen LogP contribution in [-0.4, -0.2) is 48.7 Å². The first-order valence-electron chi connectivity index (χ1n) is 13.7. The standard InChI is InChI=1S/C31H41N6O4P/c1-3-8-26(30(35-32)36-33-2)10-6-9-23-13-15-24(16-14-23)25-17-19-27(20-18-25)41-22-7-12-29(38)34-21-5-4-11-28(37-42)31(39)40/h3,6,8-10,13-20,28,37H,2,4-5,7,11-12,21-22,32,42H2,1H3,(H,34,38)(H,35,36)(H,39,40)/b8-3-,9-6+,26-10+/t28-/m0/s1. The van der Waals surface area contributed by atoms with Crippen molar-refractivity contribution in [1.82, 2.24) is 15.8 Å². The number of nitrogens with zero attached hydrogens (tertiary/aromatic N) is 2. The zero-order chi connectivity index (χ0) is 30.6. The number of aliphatic carboxylic acids is 1. The molecule has 2 rings (SSSR count). The lowest BCUT2D eigenvalue weighted by Crippen LogP contribution is -2.30. The molecule has 0 radical (unpaired) electrons. The monoisotopic (exact) mass is 592 g/mol. The number of carbonyl (C=O) groups is 2. The van der Waals surface area contributed by atoms with Crippen LogP contribution in [0.1, 0.15) is 44.6 Å². The van der Waals surface area contributed by atoms with Crippen molar-refractivity contribution in [3.05, 3.63) is 84.0 Å². The predicted molar refractivity (Wildman–Crippen MR) is 174 cm³/mol. The molecule has 0 spiro atoms. The number of nitrogens with one attached hydrogen (secondary N) is 3. The van der Waals surface area contributed by atoms with E-state index >= 15 is 0 Å². The quantitative estimate of drug-likeness (QED) is 0.0322. The van der Waals surface area contributed by atoms with Gasteiger partial charge in [-0.2, -0.15) is 10.2 Å². The fourth-order valence-electron chi connectivity index (χ4n) is 3.92. The maximum absolute atomic E-state index is 12.0. The lowest BCUT2D eigenvalue weighted by Gasteiger charge is -2.11. The van der Waals surface area contributed by atoms with Crippen LogP contribution >= 0.6 is 9.39 Å². The number of ether oxygens (including phenoxy) is 1. The molecule has 2 aromatic carbocycles. The van der Waals surface area contributed by atoms with Crippen molar-refractivity contribution >= 4 is 39.9 Å². The molecular weight excluding hydrogens is 551 g/mol. The first-order valence-corrected chi connectivity index (χ1v) is 14.3. The zero-order valence-electron chi connectivity index (χ0n) is 24.0. The Bertz CT molecular complexity index is 1260. The number of amides is 1. The maximum Gasteiger partial charge on any atom is 0.320 e. The van der Waals surface area contributed by atoms with E-state index in [1.54, 1.807) is 0 Å². The van der Waals surface area contributed by atoms with Crippen LogP contribution in [0.4, 0.5) is 0 Å². The second-order valence-corrected chi connectivity index (χ2v) is 9.56. The van der Waals surface area contributed by atoms with E-state index in [-0.39, 0.29) is 5.91 Å². The fraction of sp³-hybridized carbons (Fsp3) is 0.290. The van der Waals surface area contributed by atoms with E-state index in [1.165, 1.54) is 0 Å². The summed E-state index contributed by atoms with van der Waals surface area (Å²) in [6.07, 6.45) is 12.5. The Hall–Kier alpha value is -4.27. The normalized spacial score (nSPS) is 12.8. The van der Waals surface area contributed by atoms with Gasteiger partial charge in [-0.25, -0.2) is 0 Å². The molecule has 10 nitrogen and oxygen atoms in total. The Kier molecular flexibility index (Phi) is 16.0. The van der Waals surface area contributed by atoms with Crippen LogP contribution in [0.15, 0.2) is 88.6 Å². The van der Waals surface area contributed by atoms with Gasteiger partial charge in [0.15, 0.2) is 5.84 Å². The molecule has 0 bridgehead atoms. The number of carbonyl (C=O) groups excluding carboxylic acids is 1. The number of hydrazone groups is 2. The number of unbranched alkanes of at least 4 members (excludes halogenated alkanes) is 1. The first kappa shape index (κ1) is 33.9. The molecule has 1 unspecified atom stereocenters. The Morgan fingerprint density at radius 2 is 1.79 bits per heavy atom. The minimum atomic E-state index is -0.875. The molecule has 0 aliphatic heterocycles. The van der Waals surface area contributed by atoms with E-state index in [9.17, 15) is 9.59 Å². The van der Waals surface area contributed by atoms with Crippen LogP contribution in [0.3, 0.4) is 0 Å². The van der Waals surface area contributed by atoms with Crippen molar-refractivity contribution in [1.29, 1.82) is 0 Å². The van der Waals surface area contributed by atoms with E-state index in [0.717, 1.165) is 34.4 Å².